The average molecular weight is 110 g/mol. The van der Waals surface area contributed by atoms with Gasteiger partial charge in [-0.1, -0.05) is 6.08 Å². The monoisotopic (exact) mass is 110 g/mol. The molecular formula is C6H6O2. The Labute approximate surface area is 47.5 Å². The summed E-state index contributed by atoms with van der Waals surface area (Å²) in [7, 11) is 0. The molecule has 0 aliphatic carbocycles. The zero-order valence-corrected chi connectivity index (χ0v) is 4.55. The molecule has 0 amide bonds. The summed E-state index contributed by atoms with van der Waals surface area (Å²) in [5.74, 6) is 1.50. The van der Waals surface area contributed by atoms with Crippen LogP contribution in [0.25, 0.3) is 0 Å². The van der Waals surface area contributed by atoms with Crippen LogP contribution in [0, 0.1) is 0 Å². The van der Waals surface area contributed by atoms with Gasteiger partial charge in [0.25, 0.3) is 0 Å². The van der Waals surface area contributed by atoms with E-state index in [0.29, 0.717) is 11.9 Å². The van der Waals surface area contributed by atoms with Crippen LogP contribution in [-0.4, -0.2) is 12.2 Å². The third kappa shape index (κ3) is 2.11. The van der Waals surface area contributed by atoms with Crippen molar-refractivity contribution in [2.24, 2.45) is 0 Å². The van der Waals surface area contributed by atoms with Gasteiger partial charge in [-0.15, -0.1) is 0 Å². The largest absolute Gasteiger partial charge is 0.298 e. The number of rotatable bonds is 2. The maximum Gasteiger partial charge on any atom is 0.150 e. The highest BCUT2D eigenvalue weighted by Crippen LogP contribution is 1.85. The Morgan fingerprint density at radius 1 is 1.62 bits per heavy atom. The molecule has 0 aliphatic heterocycles. The minimum absolute atomic E-state index is 0.361. The summed E-state index contributed by atoms with van der Waals surface area (Å²) in [6, 6.07) is 0. The molecule has 0 N–H and O–H groups in total. The molecule has 0 atom stereocenters. The summed E-state index contributed by atoms with van der Waals surface area (Å²) in [4.78, 5) is 19.4. The van der Waals surface area contributed by atoms with E-state index in [4.69, 9.17) is 0 Å². The standard InChI is InChI=1S/C6H6O2/c1-2-6(5-8)3-4-7/h2-3,5H,1H3/b6-2+. The second kappa shape index (κ2) is 4.03. The number of allylic oxidation sites excluding steroid dienone is 3. The third-order valence-electron chi connectivity index (χ3n) is 0.695. The minimum atomic E-state index is 0.361. The fourth-order valence-corrected chi connectivity index (χ4v) is 0.253. The quantitative estimate of drug-likeness (QED) is 0.225. The first-order valence-corrected chi connectivity index (χ1v) is 2.17. The Balaban J connectivity index is 4.12. The highest BCUT2D eigenvalue weighted by Gasteiger charge is 1.81. The first-order chi connectivity index (χ1) is 3.85. The van der Waals surface area contributed by atoms with Crippen molar-refractivity contribution in [3.63, 3.8) is 0 Å². The van der Waals surface area contributed by atoms with Gasteiger partial charge >= 0.3 is 0 Å². The van der Waals surface area contributed by atoms with E-state index in [9.17, 15) is 9.59 Å². The van der Waals surface area contributed by atoms with E-state index in [0.717, 1.165) is 6.08 Å². The molecule has 0 aliphatic rings. The van der Waals surface area contributed by atoms with Crippen LogP contribution in [-0.2, 0) is 9.59 Å². The van der Waals surface area contributed by atoms with Gasteiger partial charge in [-0.05, 0) is 6.92 Å². The van der Waals surface area contributed by atoms with Crippen LogP contribution >= 0.6 is 0 Å². The van der Waals surface area contributed by atoms with Crippen LogP contribution in [0.1, 0.15) is 6.92 Å². The number of aldehydes is 1. The summed E-state index contributed by atoms with van der Waals surface area (Å²) in [6.07, 6.45) is 3.23. The number of carbonyl (C=O) groups excluding carboxylic acids is 2. The number of hydrogen-bond donors (Lipinski definition) is 0. The maximum atomic E-state index is 9.85. The molecule has 0 aromatic heterocycles. The van der Waals surface area contributed by atoms with Crippen molar-refractivity contribution >= 4 is 12.2 Å². The predicted molar refractivity (Wildman–Crippen MR) is 30.1 cm³/mol. The van der Waals surface area contributed by atoms with Crippen LogP contribution in [0.15, 0.2) is 17.7 Å². The van der Waals surface area contributed by atoms with E-state index in [2.05, 4.69) is 0 Å². The van der Waals surface area contributed by atoms with E-state index in [1.54, 1.807) is 6.92 Å². The molecule has 0 fully saturated rings. The molecule has 8 heavy (non-hydrogen) atoms. The SMILES string of the molecule is C/C=C(/C=O)C=C=O. The predicted octanol–water partition coefficient (Wildman–Crippen LogP) is 0.519. The molecule has 0 aromatic rings. The smallest absolute Gasteiger partial charge is 0.150 e. The van der Waals surface area contributed by atoms with Gasteiger partial charge in [-0.2, -0.15) is 0 Å². The summed E-state index contributed by atoms with van der Waals surface area (Å²) < 4.78 is 0. The first-order valence-electron chi connectivity index (χ1n) is 2.17. The van der Waals surface area contributed by atoms with E-state index in [1.165, 1.54) is 12.0 Å². The molecule has 0 bridgehead atoms. The van der Waals surface area contributed by atoms with E-state index in [1.807, 2.05) is 0 Å². The maximum absolute atomic E-state index is 9.85. The Morgan fingerprint density at radius 2 is 2.25 bits per heavy atom. The van der Waals surface area contributed by atoms with Crippen LogP contribution in [0.5, 0.6) is 0 Å². The first kappa shape index (κ1) is 6.86. The van der Waals surface area contributed by atoms with Crippen molar-refractivity contribution in [1.82, 2.24) is 0 Å². The summed E-state index contributed by atoms with van der Waals surface area (Å²) in [5.41, 5.74) is 0.361. The zero-order valence-electron chi connectivity index (χ0n) is 4.55. The number of carbonyl (C=O) groups is 1. The fraction of sp³-hybridized carbons (Fsp3) is 0.167. The van der Waals surface area contributed by atoms with Gasteiger partial charge in [-0.25, -0.2) is 4.79 Å². The lowest BCUT2D eigenvalue weighted by Crippen LogP contribution is -1.75. The minimum Gasteiger partial charge on any atom is -0.298 e. The summed E-state index contributed by atoms with van der Waals surface area (Å²) >= 11 is 0. The van der Waals surface area contributed by atoms with Crippen molar-refractivity contribution in [3.8, 4) is 0 Å². The van der Waals surface area contributed by atoms with Gasteiger partial charge in [0.2, 0.25) is 0 Å². The van der Waals surface area contributed by atoms with E-state index in [-0.39, 0.29) is 0 Å². The average Bonchev–Trinajstić information content (AvgIpc) is 1.83. The molecular weight excluding hydrogens is 104 g/mol. The van der Waals surface area contributed by atoms with Crippen LogP contribution in [0.2, 0.25) is 0 Å². The lowest BCUT2D eigenvalue weighted by atomic mass is 10.3. The normalized spacial score (nSPS) is 9.88. The lowest BCUT2D eigenvalue weighted by Gasteiger charge is -1.76. The van der Waals surface area contributed by atoms with E-state index < -0.39 is 0 Å². The van der Waals surface area contributed by atoms with Crippen LogP contribution in [0.4, 0.5) is 0 Å². The Hall–Kier alpha value is -1.14. The Bertz CT molecular complexity index is 150. The van der Waals surface area contributed by atoms with Gasteiger partial charge in [0, 0.05) is 11.6 Å². The Morgan fingerprint density at radius 3 is 2.38 bits per heavy atom. The van der Waals surface area contributed by atoms with Gasteiger partial charge in [0.1, 0.15) is 12.2 Å². The second-order valence-corrected chi connectivity index (χ2v) is 1.17. The molecule has 0 radical (unpaired) electrons. The van der Waals surface area contributed by atoms with Crippen molar-refractivity contribution < 1.29 is 9.59 Å². The van der Waals surface area contributed by atoms with Crippen molar-refractivity contribution in [1.29, 1.82) is 0 Å². The van der Waals surface area contributed by atoms with Crippen LogP contribution in [0.3, 0.4) is 0 Å². The van der Waals surface area contributed by atoms with Crippen molar-refractivity contribution in [2.75, 3.05) is 0 Å². The molecule has 0 saturated carbocycles. The molecule has 42 valence electrons. The van der Waals surface area contributed by atoms with Gasteiger partial charge in [0.05, 0.1) is 0 Å². The molecule has 0 heterocycles. The fourth-order valence-electron chi connectivity index (χ4n) is 0.253. The molecule has 2 heteroatoms. The molecule has 0 aromatic carbocycles. The Kier molecular flexibility index (Phi) is 3.46. The topological polar surface area (TPSA) is 34.1 Å². The lowest BCUT2D eigenvalue weighted by molar-refractivity contribution is -0.104. The molecule has 0 rings (SSSR count). The zero-order chi connectivity index (χ0) is 6.41. The number of hydrogen-bond acceptors (Lipinski definition) is 2. The van der Waals surface area contributed by atoms with Crippen LogP contribution < -0.4 is 0 Å². The third-order valence-corrected chi connectivity index (χ3v) is 0.695. The molecule has 2 nitrogen and oxygen atoms in total. The highest BCUT2D eigenvalue weighted by atomic mass is 16.1. The second-order valence-electron chi connectivity index (χ2n) is 1.17. The van der Waals surface area contributed by atoms with Gasteiger partial charge in [0.15, 0.2) is 0 Å². The summed E-state index contributed by atoms with van der Waals surface area (Å²) in [6.45, 7) is 1.68. The highest BCUT2D eigenvalue weighted by molar-refractivity contribution is 5.81. The summed E-state index contributed by atoms with van der Waals surface area (Å²) in [5, 5.41) is 0. The van der Waals surface area contributed by atoms with Gasteiger partial charge < -0.3 is 0 Å². The molecule has 0 spiro atoms. The van der Waals surface area contributed by atoms with Gasteiger partial charge in [-0.3, -0.25) is 4.79 Å². The van der Waals surface area contributed by atoms with Crippen molar-refractivity contribution in [3.05, 3.63) is 17.7 Å². The van der Waals surface area contributed by atoms with E-state index >= 15 is 0 Å². The van der Waals surface area contributed by atoms with Crippen molar-refractivity contribution in [2.45, 2.75) is 6.92 Å². The molecule has 0 unspecified atom stereocenters. The molecule has 0 saturated heterocycles.